The standard InChI is InChI=1S/C10H10Cl2FNO2/c1-5(2-9(15)16)14-6-3-7(11)10(13)8(12)4-6/h3-5,14H,2H2,1H3,(H,15,16). The van der Waals surface area contributed by atoms with Crippen LogP contribution in [0.5, 0.6) is 0 Å². The van der Waals surface area contributed by atoms with Crippen molar-refractivity contribution in [3.8, 4) is 0 Å². The number of rotatable bonds is 4. The number of hydrogen-bond acceptors (Lipinski definition) is 2. The maximum atomic E-state index is 13.1. The third kappa shape index (κ3) is 3.54. The summed E-state index contributed by atoms with van der Waals surface area (Å²) in [5, 5.41) is 11.2. The van der Waals surface area contributed by atoms with Crippen LogP contribution in [-0.4, -0.2) is 17.1 Å². The number of aliphatic carboxylic acids is 1. The number of carboxylic acid groups (broad SMARTS) is 1. The molecule has 0 fully saturated rings. The van der Waals surface area contributed by atoms with E-state index >= 15 is 0 Å². The first-order chi connectivity index (χ1) is 7.40. The van der Waals surface area contributed by atoms with Crippen LogP contribution in [0.15, 0.2) is 12.1 Å². The van der Waals surface area contributed by atoms with E-state index in [-0.39, 0.29) is 22.5 Å². The van der Waals surface area contributed by atoms with Crippen LogP contribution in [0.2, 0.25) is 10.0 Å². The minimum absolute atomic E-state index is 0.0490. The fourth-order valence-corrected chi connectivity index (χ4v) is 1.72. The van der Waals surface area contributed by atoms with Crippen LogP contribution in [0.3, 0.4) is 0 Å². The second-order valence-electron chi connectivity index (χ2n) is 3.40. The molecule has 0 bridgehead atoms. The summed E-state index contributed by atoms with van der Waals surface area (Å²) >= 11 is 11.2. The summed E-state index contributed by atoms with van der Waals surface area (Å²) in [7, 11) is 0. The molecule has 0 saturated carbocycles. The van der Waals surface area contributed by atoms with Gasteiger partial charge in [0.25, 0.3) is 0 Å². The number of carboxylic acids is 1. The molecule has 0 aromatic heterocycles. The molecule has 0 radical (unpaired) electrons. The normalized spacial score (nSPS) is 12.2. The van der Waals surface area contributed by atoms with Crippen LogP contribution in [0, 0.1) is 5.82 Å². The molecule has 0 aliphatic carbocycles. The van der Waals surface area contributed by atoms with Crippen LogP contribution in [0.1, 0.15) is 13.3 Å². The minimum atomic E-state index is -0.917. The van der Waals surface area contributed by atoms with Crippen molar-refractivity contribution in [2.75, 3.05) is 5.32 Å². The number of benzene rings is 1. The van der Waals surface area contributed by atoms with Gasteiger partial charge in [-0.25, -0.2) is 4.39 Å². The van der Waals surface area contributed by atoms with Crippen molar-refractivity contribution in [1.29, 1.82) is 0 Å². The Hall–Kier alpha value is -1.00. The first-order valence-electron chi connectivity index (χ1n) is 4.53. The molecular formula is C10H10Cl2FNO2. The van der Waals surface area contributed by atoms with E-state index < -0.39 is 11.8 Å². The first-order valence-corrected chi connectivity index (χ1v) is 5.28. The van der Waals surface area contributed by atoms with E-state index in [1.54, 1.807) is 6.92 Å². The van der Waals surface area contributed by atoms with Gasteiger partial charge in [0.15, 0.2) is 5.82 Å². The molecule has 6 heteroatoms. The number of anilines is 1. The molecule has 88 valence electrons. The van der Waals surface area contributed by atoms with E-state index in [0.29, 0.717) is 5.69 Å². The Morgan fingerprint density at radius 1 is 1.50 bits per heavy atom. The van der Waals surface area contributed by atoms with E-state index in [2.05, 4.69) is 5.32 Å². The highest BCUT2D eigenvalue weighted by atomic mass is 35.5. The van der Waals surface area contributed by atoms with Crippen LogP contribution in [-0.2, 0) is 4.79 Å². The van der Waals surface area contributed by atoms with E-state index in [1.165, 1.54) is 12.1 Å². The van der Waals surface area contributed by atoms with Gasteiger partial charge in [0.05, 0.1) is 16.5 Å². The van der Waals surface area contributed by atoms with Crippen LogP contribution < -0.4 is 5.32 Å². The van der Waals surface area contributed by atoms with Gasteiger partial charge in [0.1, 0.15) is 0 Å². The summed E-state index contributed by atoms with van der Waals surface area (Å²) in [5.41, 5.74) is 0.491. The highest BCUT2D eigenvalue weighted by Gasteiger charge is 2.11. The first kappa shape index (κ1) is 13.1. The zero-order chi connectivity index (χ0) is 12.3. The van der Waals surface area contributed by atoms with Gasteiger partial charge in [0.2, 0.25) is 0 Å². The summed E-state index contributed by atoms with van der Waals surface area (Å²) in [6, 6.07) is 2.43. The van der Waals surface area contributed by atoms with Crippen LogP contribution in [0.4, 0.5) is 10.1 Å². The van der Waals surface area contributed by atoms with Gasteiger partial charge in [-0.2, -0.15) is 0 Å². The summed E-state index contributed by atoms with van der Waals surface area (Å²) < 4.78 is 13.1. The lowest BCUT2D eigenvalue weighted by atomic mass is 10.2. The van der Waals surface area contributed by atoms with Crippen molar-refractivity contribution >= 4 is 34.9 Å². The summed E-state index contributed by atoms with van der Waals surface area (Å²) in [5.74, 6) is -1.60. The van der Waals surface area contributed by atoms with E-state index in [9.17, 15) is 9.18 Å². The van der Waals surface area contributed by atoms with Gasteiger partial charge in [-0.1, -0.05) is 23.2 Å². The number of hydrogen-bond donors (Lipinski definition) is 2. The lowest BCUT2D eigenvalue weighted by Gasteiger charge is -2.13. The molecule has 1 unspecified atom stereocenters. The smallest absolute Gasteiger partial charge is 0.305 e. The largest absolute Gasteiger partial charge is 0.481 e. The van der Waals surface area contributed by atoms with Crippen molar-refractivity contribution in [1.82, 2.24) is 0 Å². The predicted molar refractivity (Wildman–Crippen MR) is 61.8 cm³/mol. The zero-order valence-corrected chi connectivity index (χ0v) is 9.94. The quantitative estimate of drug-likeness (QED) is 0.821. The van der Waals surface area contributed by atoms with Gasteiger partial charge in [0, 0.05) is 11.7 Å². The summed E-state index contributed by atoms with van der Waals surface area (Å²) in [6.07, 6.45) is -0.0490. The molecule has 1 rings (SSSR count). The highest BCUT2D eigenvalue weighted by molar-refractivity contribution is 6.35. The zero-order valence-electron chi connectivity index (χ0n) is 8.43. The molecule has 1 aromatic rings. The Morgan fingerprint density at radius 3 is 2.44 bits per heavy atom. The third-order valence-corrected chi connectivity index (χ3v) is 2.43. The number of halogens is 3. The second-order valence-corrected chi connectivity index (χ2v) is 4.21. The fraction of sp³-hybridized carbons (Fsp3) is 0.300. The van der Waals surface area contributed by atoms with Gasteiger partial charge >= 0.3 is 5.97 Å². The predicted octanol–water partition coefficient (Wildman–Crippen LogP) is 3.41. The molecule has 0 spiro atoms. The Kier molecular flexibility index (Phi) is 4.38. The molecular weight excluding hydrogens is 256 g/mol. The van der Waals surface area contributed by atoms with Crippen molar-refractivity contribution in [2.24, 2.45) is 0 Å². The van der Waals surface area contributed by atoms with Crippen molar-refractivity contribution in [3.05, 3.63) is 28.0 Å². The Bertz CT molecular complexity index is 389. The summed E-state index contributed by atoms with van der Waals surface area (Å²) in [6.45, 7) is 1.69. The number of carbonyl (C=O) groups is 1. The van der Waals surface area contributed by atoms with E-state index in [4.69, 9.17) is 28.3 Å². The molecule has 0 aliphatic heterocycles. The molecule has 0 aliphatic rings. The van der Waals surface area contributed by atoms with Gasteiger partial charge in [-0.3, -0.25) is 4.79 Å². The molecule has 2 N–H and O–H groups in total. The Morgan fingerprint density at radius 2 is 2.00 bits per heavy atom. The molecule has 0 heterocycles. The molecule has 0 saturated heterocycles. The Labute approximate surface area is 102 Å². The maximum absolute atomic E-state index is 13.1. The van der Waals surface area contributed by atoms with Gasteiger partial charge in [-0.15, -0.1) is 0 Å². The van der Waals surface area contributed by atoms with Gasteiger partial charge in [-0.05, 0) is 19.1 Å². The molecule has 3 nitrogen and oxygen atoms in total. The van der Waals surface area contributed by atoms with Crippen molar-refractivity contribution < 1.29 is 14.3 Å². The average molecular weight is 266 g/mol. The second kappa shape index (κ2) is 5.37. The average Bonchev–Trinajstić information content (AvgIpc) is 2.12. The topological polar surface area (TPSA) is 49.3 Å². The fourth-order valence-electron chi connectivity index (χ4n) is 1.24. The maximum Gasteiger partial charge on any atom is 0.305 e. The molecule has 1 atom stereocenters. The van der Waals surface area contributed by atoms with Crippen LogP contribution >= 0.6 is 23.2 Å². The number of nitrogens with one attached hydrogen (secondary N) is 1. The minimum Gasteiger partial charge on any atom is -0.481 e. The molecule has 1 aromatic carbocycles. The third-order valence-electron chi connectivity index (χ3n) is 1.88. The Balaban J connectivity index is 2.78. The van der Waals surface area contributed by atoms with Crippen molar-refractivity contribution in [3.63, 3.8) is 0 Å². The van der Waals surface area contributed by atoms with Crippen LogP contribution in [0.25, 0.3) is 0 Å². The van der Waals surface area contributed by atoms with E-state index in [1.807, 2.05) is 0 Å². The molecule has 0 amide bonds. The van der Waals surface area contributed by atoms with Crippen molar-refractivity contribution in [2.45, 2.75) is 19.4 Å². The highest BCUT2D eigenvalue weighted by Crippen LogP contribution is 2.27. The lowest BCUT2D eigenvalue weighted by molar-refractivity contribution is -0.137. The lowest BCUT2D eigenvalue weighted by Crippen LogP contribution is -2.19. The summed E-state index contributed by atoms with van der Waals surface area (Å²) in [4.78, 5) is 10.4. The SMILES string of the molecule is CC(CC(=O)O)Nc1cc(Cl)c(F)c(Cl)c1. The van der Waals surface area contributed by atoms with E-state index in [0.717, 1.165) is 0 Å². The van der Waals surface area contributed by atoms with Gasteiger partial charge < -0.3 is 10.4 Å². The molecule has 16 heavy (non-hydrogen) atoms. The monoisotopic (exact) mass is 265 g/mol.